The molecule has 0 aliphatic carbocycles. The maximum absolute atomic E-state index is 13.2. The molecule has 0 aromatic rings. The van der Waals surface area contributed by atoms with Gasteiger partial charge < -0.3 is 13.9 Å². The molecule has 0 bridgehead atoms. The van der Waals surface area contributed by atoms with Gasteiger partial charge in [0.1, 0.15) is 0 Å². The number of hydrogen-bond donors (Lipinski definition) is 0. The topological polar surface area (TPSA) is 38.8 Å². The van der Waals surface area contributed by atoms with E-state index in [4.69, 9.17) is 9.05 Å². The third kappa shape index (κ3) is 13.0. The van der Waals surface area contributed by atoms with Crippen molar-refractivity contribution < 1.29 is 13.6 Å². The molecule has 4 nitrogen and oxygen atoms in total. The lowest BCUT2D eigenvalue weighted by Crippen LogP contribution is -2.20. The summed E-state index contributed by atoms with van der Waals surface area (Å²) in [6.07, 6.45) is 9.72. The number of unbranched alkanes of at least 4 members (excludes halogenated alkanes) is 2. The van der Waals surface area contributed by atoms with E-state index >= 15 is 0 Å². The minimum Gasteiger partial charge on any atom is -0.309 e. The molecule has 0 amide bonds. The second-order valence-electron chi connectivity index (χ2n) is 7.56. The van der Waals surface area contributed by atoms with Crippen molar-refractivity contribution in [2.24, 2.45) is 11.8 Å². The fraction of sp³-hybridized carbons (Fsp3) is 1.00. The smallest absolute Gasteiger partial charge is 0.309 e. The van der Waals surface area contributed by atoms with Gasteiger partial charge in [-0.3, -0.25) is 4.57 Å². The van der Waals surface area contributed by atoms with E-state index in [9.17, 15) is 4.57 Å². The van der Waals surface area contributed by atoms with Crippen molar-refractivity contribution in [3.63, 3.8) is 0 Å². The molecular weight excluding hydrogens is 333 g/mol. The lowest BCUT2D eigenvalue weighted by Gasteiger charge is -2.25. The Labute approximate surface area is 157 Å². The highest BCUT2D eigenvalue weighted by Gasteiger charge is 2.27. The standard InChI is InChI=1S/C20H44NO3P/c1-7-11-13-19(9-3)17-23-25(22,16-15-21(5)6)24-18-20(10-4)14-12-8-2/h19-20H,7-18H2,1-6H3. The molecule has 0 spiro atoms. The molecule has 0 aliphatic heterocycles. The molecule has 0 rings (SSSR count). The fourth-order valence-corrected chi connectivity index (χ4v) is 4.58. The zero-order valence-electron chi connectivity index (χ0n) is 17.8. The summed E-state index contributed by atoms with van der Waals surface area (Å²) in [5, 5.41) is 0. The molecule has 0 N–H and O–H groups in total. The zero-order chi connectivity index (χ0) is 19.1. The van der Waals surface area contributed by atoms with Gasteiger partial charge in [0.2, 0.25) is 0 Å². The molecule has 0 radical (unpaired) electrons. The van der Waals surface area contributed by atoms with Crippen LogP contribution >= 0.6 is 7.60 Å². The number of rotatable bonds is 17. The van der Waals surface area contributed by atoms with Crippen molar-refractivity contribution in [1.82, 2.24) is 4.90 Å². The van der Waals surface area contributed by atoms with Gasteiger partial charge in [0.15, 0.2) is 0 Å². The van der Waals surface area contributed by atoms with Crippen LogP contribution in [0.15, 0.2) is 0 Å². The second kappa shape index (κ2) is 15.2. The van der Waals surface area contributed by atoms with Crippen molar-refractivity contribution >= 4 is 7.60 Å². The summed E-state index contributed by atoms with van der Waals surface area (Å²) in [5.41, 5.74) is 0. The fourth-order valence-electron chi connectivity index (χ4n) is 2.72. The van der Waals surface area contributed by atoms with Gasteiger partial charge >= 0.3 is 7.60 Å². The third-order valence-corrected chi connectivity index (χ3v) is 6.75. The lowest BCUT2D eigenvalue weighted by molar-refractivity contribution is 0.150. The van der Waals surface area contributed by atoms with Crippen molar-refractivity contribution in [3.05, 3.63) is 0 Å². The average molecular weight is 378 g/mol. The summed E-state index contributed by atoms with van der Waals surface area (Å²) in [6.45, 7) is 10.6. The number of nitrogens with zero attached hydrogens (tertiary/aromatic N) is 1. The highest BCUT2D eigenvalue weighted by atomic mass is 31.2. The minimum absolute atomic E-state index is 0.481. The van der Waals surface area contributed by atoms with Crippen LogP contribution in [0.2, 0.25) is 0 Å². The Hall–Kier alpha value is 0.110. The monoisotopic (exact) mass is 377 g/mol. The van der Waals surface area contributed by atoms with E-state index in [0.717, 1.165) is 32.2 Å². The first-order valence-electron chi connectivity index (χ1n) is 10.4. The van der Waals surface area contributed by atoms with Crippen LogP contribution in [0.1, 0.15) is 79.1 Å². The van der Waals surface area contributed by atoms with Crippen LogP contribution in [0.5, 0.6) is 0 Å². The molecule has 0 aliphatic rings. The predicted octanol–water partition coefficient (Wildman–Crippen LogP) is 6.21. The van der Waals surface area contributed by atoms with Gasteiger partial charge in [0.25, 0.3) is 0 Å². The van der Waals surface area contributed by atoms with Gasteiger partial charge in [-0.05, 0) is 38.8 Å². The summed E-state index contributed by atoms with van der Waals surface area (Å²) in [7, 11) is 0.980. The predicted molar refractivity (Wildman–Crippen MR) is 110 cm³/mol. The van der Waals surface area contributed by atoms with Crippen LogP contribution in [-0.4, -0.2) is 44.9 Å². The molecule has 0 aromatic carbocycles. The highest BCUT2D eigenvalue weighted by Crippen LogP contribution is 2.49. The van der Waals surface area contributed by atoms with Gasteiger partial charge in [0.05, 0.1) is 19.4 Å². The lowest BCUT2D eigenvalue weighted by atomic mass is 10.0. The molecule has 0 heterocycles. The number of hydrogen-bond acceptors (Lipinski definition) is 4. The third-order valence-electron chi connectivity index (χ3n) is 4.92. The summed E-state index contributed by atoms with van der Waals surface area (Å²) < 4.78 is 25.1. The Balaban J connectivity index is 4.66. The maximum atomic E-state index is 13.2. The highest BCUT2D eigenvalue weighted by molar-refractivity contribution is 7.53. The largest absolute Gasteiger partial charge is 0.331 e. The Morgan fingerprint density at radius 2 is 1.28 bits per heavy atom. The zero-order valence-corrected chi connectivity index (χ0v) is 18.7. The SMILES string of the molecule is CCCCC(CC)COP(=O)(CCN(C)C)OCC(CC)CCCC. The molecule has 152 valence electrons. The first-order chi connectivity index (χ1) is 11.9. The van der Waals surface area contributed by atoms with Crippen molar-refractivity contribution in [2.75, 3.05) is 40.0 Å². The van der Waals surface area contributed by atoms with E-state index in [0.29, 0.717) is 31.2 Å². The minimum atomic E-state index is -3.01. The molecule has 0 saturated heterocycles. The van der Waals surface area contributed by atoms with Gasteiger partial charge in [-0.2, -0.15) is 0 Å². The Morgan fingerprint density at radius 3 is 1.60 bits per heavy atom. The first kappa shape index (κ1) is 25.1. The van der Waals surface area contributed by atoms with Crippen LogP contribution < -0.4 is 0 Å². The van der Waals surface area contributed by atoms with Crippen molar-refractivity contribution in [2.45, 2.75) is 79.1 Å². The van der Waals surface area contributed by atoms with Gasteiger partial charge in [0, 0.05) is 6.54 Å². The van der Waals surface area contributed by atoms with Crippen LogP contribution in [0.25, 0.3) is 0 Å². The summed E-state index contributed by atoms with van der Waals surface area (Å²) in [4.78, 5) is 2.04. The molecule has 0 saturated carbocycles. The molecular formula is C20H44NO3P. The molecule has 2 unspecified atom stereocenters. The second-order valence-corrected chi connectivity index (χ2v) is 9.75. The molecule has 5 heteroatoms. The van der Waals surface area contributed by atoms with Crippen LogP contribution in [-0.2, 0) is 13.6 Å². The van der Waals surface area contributed by atoms with Gasteiger partial charge in [-0.15, -0.1) is 0 Å². The van der Waals surface area contributed by atoms with E-state index in [1.165, 1.54) is 25.7 Å². The van der Waals surface area contributed by atoms with E-state index < -0.39 is 7.60 Å². The van der Waals surface area contributed by atoms with E-state index in [-0.39, 0.29) is 0 Å². The molecule has 0 fully saturated rings. The van der Waals surface area contributed by atoms with Crippen LogP contribution in [0.3, 0.4) is 0 Å². The first-order valence-corrected chi connectivity index (χ1v) is 12.2. The Bertz CT molecular complexity index is 326. The molecule has 25 heavy (non-hydrogen) atoms. The van der Waals surface area contributed by atoms with E-state index in [2.05, 4.69) is 27.7 Å². The quantitative estimate of drug-likeness (QED) is 0.283. The average Bonchev–Trinajstić information content (AvgIpc) is 2.60. The Kier molecular flexibility index (Phi) is 15.3. The van der Waals surface area contributed by atoms with Crippen molar-refractivity contribution in [1.29, 1.82) is 0 Å². The summed E-state index contributed by atoms with van der Waals surface area (Å²) >= 11 is 0. The van der Waals surface area contributed by atoms with E-state index in [1.807, 2.05) is 19.0 Å². The van der Waals surface area contributed by atoms with Crippen molar-refractivity contribution in [3.8, 4) is 0 Å². The molecule has 2 atom stereocenters. The van der Waals surface area contributed by atoms with Gasteiger partial charge in [-0.25, -0.2) is 0 Å². The summed E-state index contributed by atoms with van der Waals surface area (Å²) in [5.74, 6) is 0.969. The van der Waals surface area contributed by atoms with Crippen LogP contribution in [0, 0.1) is 11.8 Å². The van der Waals surface area contributed by atoms with Crippen LogP contribution in [0.4, 0.5) is 0 Å². The van der Waals surface area contributed by atoms with E-state index in [1.54, 1.807) is 0 Å². The normalized spacial score (nSPS) is 16.8. The summed E-state index contributed by atoms with van der Waals surface area (Å²) in [6, 6.07) is 0. The van der Waals surface area contributed by atoms with Gasteiger partial charge in [-0.1, -0.05) is 66.2 Å². The Morgan fingerprint density at radius 1 is 0.840 bits per heavy atom. The maximum Gasteiger partial charge on any atom is 0.331 e. The molecule has 0 aromatic heterocycles.